The zero-order chi connectivity index (χ0) is 17.0. The predicted molar refractivity (Wildman–Crippen MR) is 93.7 cm³/mol. The fraction of sp³-hybridized carbons (Fsp3) is 0.533. The third-order valence-corrected chi connectivity index (χ3v) is 5.74. The minimum Gasteiger partial charge on any atom is -0.496 e. The minimum atomic E-state index is -3.58. The average Bonchev–Trinajstić information content (AvgIpc) is 2.99. The van der Waals surface area contributed by atoms with E-state index in [1.165, 1.54) is 17.5 Å². The quantitative estimate of drug-likeness (QED) is 0.765. The van der Waals surface area contributed by atoms with Gasteiger partial charge in [-0.3, -0.25) is 4.79 Å². The summed E-state index contributed by atoms with van der Waals surface area (Å²) in [6, 6.07) is 4.55. The second-order valence-electron chi connectivity index (χ2n) is 5.52. The van der Waals surface area contributed by atoms with E-state index >= 15 is 0 Å². The smallest absolute Gasteiger partial charge is 0.243 e. The van der Waals surface area contributed by atoms with E-state index in [1.54, 1.807) is 19.1 Å². The van der Waals surface area contributed by atoms with Gasteiger partial charge in [-0.1, -0.05) is 6.92 Å². The Morgan fingerprint density at radius 1 is 1.46 bits per heavy atom. The van der Waals surface area contributed by atoms with E-state index in [2.05, 4.69) is 5.32 Å². The first-order valence-corrected chi connectivity index (χ1v) is 9.01. The number of rotatable bonds is 6. The Bertz CT molecular complexity index is 681. The highest BCUT2D eigenvalue weighted by Gasteiger charge is 2.31. The van der Waals surface area contributed by atoms with E-state index in [0.717, 1.165) is 0 Å². The first-order valence-electron chi connectivity index (χ1n) is 7.57. The average molecular weight is 378 g/mol. The number of amides is 1. The van der Waals surface area contributed by atoms with E-state index in [-0.39, 0.29) is 35.8 Å². The van der Waals surface area contributed by atoms with Crippen LogP contribution in [0.15, 0.2) is 23.1 Å². The molecule has 1 aliphatic rings. The number of nitrogens with one attached hydrogen (secondary N) is 1. The fourth-order valence-corrected chi connectivity index (χ4v) is 4.06. The summed E-state index contributed by atoms with van der Waals surface area (Å²) in [5, 5.41) is 2.73. The number of ether oxygens (including phenoxy) is 1. The molecule has 0 unspecified atom stereocenters. The number of hydrogen-bond acceptors (Lipinski definition) is 5. The molecule has 1 aromatic rings. The molecule has 0 saturated carbocycles. The highest BCUT2D eigenvalue weighted by Crippen LogP contribution is 2.26. The molecule has 9 heteroatoms. The van der Waals surface area contributed by atoms with Crippen molar-refractivity contribution in [1.29, 1.82) is 0 Å². The molecule has 1 fully saturated rings. The number of methoxy groups -OCH3 is 1. The van der Waals surface area contributed by atoms with Crippen LogP contribution in [0.5, 0.6) is 5.75 Å². The van der Waals surface area contributed by atoms with Crippen LogP contribution in [0.1, 0.15) is 25.3 Å². The zero-order valence-corrected chi connectivity index (χ0v) is 15.5. The maximum absolute atomic E-state index is 12.7. The van der Waals surface area contributed by atoms with Gasteiger partial charge in [0.1, 0.15) is 5.75 Å². The number of sulfonamides is 1. The maximum Gasteiger partial charge on any atom is 0.243 e. The van der Waals surface area contributed by atoms with Crippen LogP contribution in [0.3, 0.4) is 0 Å². The second kappa shape index (κ2) is 8.66. The molecule has 1 heterocycles. The van der Waals surface area contributed by atoms with Crippen LogP contribution >= 0.6 is 12.4 Å². The SMILES string of the molecule is CCC(=O)NCc1cc(S(=O)(=O)N2CC[C@@H](N)C2)ccc1OC.Cl. The standard InChI is InChI=1S/C15H23N3O4S.ClH/c1-3-15(19)17-9-11-8-13(4-5-14(11)22-2)23(20,21)18-7-6-12(16)10-18;/h4-5,8,12H,3,6-7,9-10,16H2,1-2H3,(H,17,19);1H/t12-;/m1./s1. The van der Waals surface area contributed by atoms with Gasteiger partial charge in [0.25, 0.3) is 0 Å². The van der Waals surface area contributed by atoms with E-state index in [9.17, 15) is 13.2 Å². The lowest BCUT2D eigenvalue weighted by molar-refractivity contribution is -0.120. The molecule has 0 spiro atoms. The number of hydrogen-bond donors (Lipinski definition) is 2. The molecule has 24 heavy (non-hydrogen) atoms. The Morgan fingerprint density at radius 3 is 2.71 bits per heavy atom. The summed E-state index contributed by atoms with van der Waals surface area (Å²) in [5.74, 6) is 0.435. The number of halogens is 1. The van der Waals surface area contributed by atoms with Crippen LogP contribution < -0.4 is 15.8 Å². The molecule has 3 N–H and O–H groups in total. The van der Waals surface area contributed by atoms with Gasteiger partial charge in [0.05, 0.1) is 12.0 Å². The number of nitrogens with zero attached hydrogens (tertiary/aromatic N) is 1. The van der Waals surface area contributed by atoms with Gasteiger partial charge >= 0.3 is 0 Å². The molecule has 2 rings (SSSR count). The van der Waals surface area contributed by atoms with Gasteiger partial charge in [-0.2, -0.15) is 4.31 Å². The van der Waals surface area contributed by atoms with Crippen LogP contribution in [0, 0.1) is 0 Å². The second-order valence-corrected chi connectivity index (χ2v) is 7.45. The Labute approximate surface area is 149 Å². The number of benzene rings is 1. The van der Waals surface area contributed by atoms with Gasteiger partial charge in [0, 0.05) is 37.7 Å². The van der Waals surface area contributed by atoms with Gasteiger partial charge in [-0.15, -0.1) is 12.4 Å². The summed E-state index contributed by atoms with van der Waals surface area (Å²) in [7, 11) is -2.07. The fourth-order valence-electron chi connectivity index (χ4n) is 2.49. The Morgan fingerprint density at radius 2 is 2.17 bits per heavy atom. The van der Waals surface area contributed by atoms with Crippen molar-refractivity contribution in [2.24, 2.45) is 5.73 Å². The first kappa shape index (κ1) is 20.7. The van der Waals surface area contributed by atoms with Crippen molar-refractivity contribution in [2.75, 3.05) is 20.2 Å². The summed E-state index contributed by atoms with van der Waals surface area (Å²) >= 11 is 0. The summed E-state index contributed by atoms with van der Waals surface area (Å²) in [5.41, 5.74) is 6.42. The molecular weight excluding hydrogens is 354 g/mol. The van der Waals surface area contributed by atoms with Crippen molar-refractivity contribution >= 4 is 28.3 Å². The van der Waals surface area contributed by atoms with Gasteiger partial charge in [0.2, 0.25) is 15.9 Å². The molecule has 136 valence electrons. The molecule has 1 amide bonds. The summed E-state index contributed by atoms with van der Waals surface area (Å²) in [6.45, 7) is 2.73. The van der Waals surface area contributed by atoms with Gasteiger partial charge in [-0.25, -0.2) is 8.42 Å². The minimum absolute atomic E-state index is 0. The molecule has 7 nitrogen and oxygen atoms in total. The lowest BCUT2D eigenvalue weighted by atomic mass is 10.2. The van der Waals surface area contributed by atoms with Crippen molar-refractivity contribution in [3.8, 4) is 5.75 Å². The molecule has 0 bridgehead atoms. The van der Waals surface area contributed by atoms with E-state index in [0.29, 0.717) is 37.2 Å². The normalized spacial score (nSPS) is 18.0. The molecule has 1 atom stereocenters. The molecule has 0 aromatic heterocycles. The van der Waals surface area contributed by atoms with Crippen molar-refractivity contribution in [3.05, 3.63) is 23.8 Å². The Balaban J connectivity index is 0.00000288. The largest absolute Gasteiger partial charge is 0.496 e. The zero-order valence-electron chi connectivity index (χ0n) is 13.8. The van der Waals surface area contributed by atoms with Gasteiger partial charge in [0.15, 0.2) is 0 Å². The molecule has 1 saturated heterocycles. The van der Waals surface area contributed by atoms with Crippen LogP contribution in [-0.2, 0) is 21.4 Å². The van der Waals surface area contributed by atoms with Crippen LogP contribution in [0.25, 0.3) is 0 Å². The number of carbonyl (C=O) groups is 1. The molecule has 0 radical (unpaired) electrons. The van der Waals surface area contributed by atoms with Crippen molar-refractivity contribution in [2.45, 2.75) is 37.2 Å². The van der Waals surface area contributed by atoms with E-state index in [4.69, 9.17) is 10.5 Å². The predicted octanol–water partition coefficient (Wildman–Crippen LogP) is 0.865. The van der Waals surface area contributed by atoms with Crippen molar-refractivity contribution < 1.29 is 17.9 Å². The van der Waals surface area contributed by atoms with E-state index in [1.807, 2.05) is 0 Å². The lowest BCUT2D eigenvalue weighted by Crippen LogP contribution is -2.32. The van der Waals surface area contributed by atoms with E-state index < -0.39 is 10.0 Å². The number of nitrogens with two attached hydrogens (primary N) is 1. The highest BCUT2D eigenvalue weighted by atomic mass is 35.5. The van der Waals surface area contributed by atoms with Crippen LogP contribution in [0.2, 0.25) is 0 Å². The van der Waals surface area contributed by atoms with Crippen molar-refractivity contribution in [3.63, 3.8) is 0 Å². The van der Waals surface area contributed by atoms with Gasteiger partial charge < -0.3 is 15.8 Å². The molecule has 1 aromatic carbocycles. The molecule has 1 aliphatic heterocycles. The Kier molecular flexibility index (Phi) is 7.47. The summed E-state index contributed by atoms with van der Waals surface area (Å²) < 4.78 is 32.0. The summed E-state index contributed by atoms with van der Waals surface area (Å²) in [4.78, 5) is 11.6. The molecule has 0 aliphatic carbocycles. The third kappa shape index (κ3) is 4.60. The monoisotopic (exact) mass is 377 g/mol. The Hall–Kier alpha value is -1.35. The van der Waals surface area contributed by atoms with Crippen molar-refractivity contribution in [1.82, 2.24) is 9.62 Å². The maximum atomic E-state index is 12.7. The van der Waals surface area contributed by atoms with Gasteiger partial charge in [-0.05, 0) is 24.6 Å². The number of carbonyl (C=O) groups excluding carboxylic acids is 1. The van der Waals surface area contributed by atoms with Crippen LogP contribution in [-0.4, -0.2) is 44.9 Å². The summed E-state index contributed by atoms with van der Waals surface area (Å²) in [6.07, 6.45) is 1.03. The topological polar surface area (TPSA) is 102 Å². The highest BCUT2D eigenvalue weighted by molar-refractivity contribution is 7.89. The van der Waals surface area contributed by atoms with Crippen LogP contribution in [0.4, 0.5) is 0 Å². The first-order chi connectivity index (χ1) is 10.9. The third-order valence-electron chi connectivity index (χ3n) is 3.87. The lowest BCUT2D eigenvalue weighted by Gasteiger charge is -2.17. The molecular formula is C15H24ClN3O4S.